The van der Waals surface area contributed by atoms with Crippen molar-refractivity contribution in [3.63, 3.8) is 0 Å². The number of hydrogen-bond acceptors (Lipinski definition) is 5. The van der Waals surface area contributed by atoms with E-state index in [1.807, 2.05) is 0 Å². The summed E-state index contributed by atoms with van der Waals surface area (Å²) < 4.78 is 0. The third-order valence-corrected chi connectivity index (χ3v) is 4.10. The number of aromatic nitrogens is 2. The fourth-order valence-electron chi connectivity index (χ4n) is 2.92. The van der Waals surface area contributed by atoms with E-state index in [0.717, 1.165) is 43.1 Å². The summed E-state index contributed by atoms with van der Waals surface area (Å²) in [6, 6.07) is 0.172. The number of aromatic amines is 1. The molecule has 1 saturated heterocycles. The van der Waals surface area contributed by atoms with Gasteiger partial charge in [0.1, 0.15) is 5.82 Å². The summed E-state index contributed by atoms with van der Waals surface area (Å²) in [5.41, 5.74) is 1.73. The van der Waals surface area contributed by atoms with Gasteiger partial charge in [0.15, 0.2) is 0 Å². The van der Waals surface area contributed by atoms with Crippen molar-refractivity contribution in [1.82, 2.24) is 25.1 Å². The van der Waals surface area contributed by atoms with Crippen LogP contribution in [0.5, 0.6) is 0 Å². The molecular formula is C13H21N5O. The van der Waals surface area contributed by atoms with Crippen LogP contribution in [0, 0.1) is 0 Å². The molecule has 0 bridgehead atoms. The van der Waals surface area contributed by atoms with E-state index in [-0.39, 0.29) is 11.6 Å². The van der Waals surface area contributed by atoms with Crippen LogP contribution in [0.2, 0.25) is 0 Å². The normalized spacial score (nSPS) is 25.3. The summed E-state index contributed by atoms with van der Waals surface area (Å²) in [5.74, 6) is 0.809. The van der Waals surface area contributed by atoms with E-state index in [9.17, 15) is 4.79 Å². The molecule has 0 spiro atoms. The van der Waals surface area contributed by atoms with E-state index in [2.05, 4.69) is 39.2 Å². The van der Waals surface area contributed by atoms with Gasteiger partial charge in [0.25, 0.3) is 5.56 Å². The van der Waals surface area contributed by atoms with Gasteiger partial charge in [-0.1, -0.05) is 0 Å². The summed E-state index contributed by atoms with van der Waals surface area (Å²) in [5, 5.41) is 3.18. The van der Waals surface area contributed by atoms with Crippen LogP contribution >= 0.6 is 0 Å². The van der Waals surface area contributed by atoms with Gasteiger partial charge in [0.2, 0.25) is 0 Å². The first-order valence-corrected chi connectivity index (χ1v) is 6.86. The minimum absolute atomic E-state index is 0.0188. The zero-order valence-corrected chi connectivity index (χ0v) is 11.6. The van der Waals surface area contributed by atoms with Crippen LogP contribution in [0.3, 0.4) is 0 Å². The Hall–Kier alpha value is -1.24. The van der Waals surface area contributed by atoms with Crippen molar-refractivity contribution in [1.29, 1.82) is 0 Å². The molecule has 0 aliphatic carbocycles. The Bertz CT molecular complexity index is 526. The lowest BCUT2D eigenvalue weighted by atomic mass is 10.2. The summed E-state index contributed by atoms with van der Waals surface area (Å²) >= 11 is 0. The van der Waals surface area contributed by atoms with Crippen LogP contribution in [0.25, 0.3) is 0 Å². The van der Waals surface area contributed by atoms with Crippen molar-refractivity contribution in [2.75, 3.05) is 33.7 Å². The van der Waals surface area contributed by atoms with E-state index >= 15 is 0 Å². The number of hydrogen-bond donors (Lipinski definition) is 2. The van der Waals surface area contributed by atoms with Gasteiger partial charge >= 0.3 is 0 Å². The Morgan fingerprint density at radius 1 is 1.26 bits per heavy atom. The molecule has 1 fully saturated rings. The molecule has 3 heterocycles. The average molecular weight is 263 g/mol. The zero-order valence-electron chi connectivity index (χ0n) is 11.6. The van der Waals surface area contributed by atoms with Gasteiger partial charge in [0.05, 0.1) is 17.3 Å². The molecule has 0 amide bonds. The van der Waals surface area contributed by atoms with Crippen LogP contribution < -0.4 is 10.9 Å². The van der Waals surface area contributed by atoms with Gasteiger partial charge in [-0.2, -0.15) is 0 Å². The molecule has 2 aliphatic rings. The SMILES string of the molecule is CN1CCCN(C)C(c2nc3c(c(=O)[nH]2)CNC3)C1. The van der Waals surface area contributed by atoms with Crippen LogP contribution in [-0.4, -0.2) is 53.5 Å². The summed E-state index contributed by atoms with van der Waals surface area (Å²) in [7, 11) is 4.23. The molecular weight excluding hydrogens is 242 g/mol. The highest BCUT2D eigenvalue weighted by Gasteiger charge is 2.26. The largest absolute Gasteiger partial charge is 0.309 e. The molecule has 0 aromatic carbocycles. The molecule has 0 saturated carbocycles. The Morgan fingerprint density at radius 2 is 2.11 bits per heavy atom. The van der Waals surface area contributed by atoms with E-state index in [1.165, 1.54) is 0 Å². The maximum atomic E-state index is 12.1. The van der Waals surface area contributed by atoms with Crippen molar-refractivity contribution in [3.8, 4) is 0 Å². The molecule has 6 heteroatoms. The average Bonchev–Trinajstić information content (AvgIpc) is 2.77. The van der Waals surface area contributed by atoms with Crippen molar-refractivity contribution in [2.24, 2.45) is 0 Å². The summed E-state index contributed by atoms with van der Waals surface area (Å²) in [6.45, 7) is 4.38. The third-order valence-electron chi connectivity index (χ3n) is 4.10. The minimum Gasteiger partial charge on any atom is -0.309 e. The zero-order chi connectivity index (χ0) is 13.4. The Balaban J connectivity index is 1.96. The molecule has 2 N–H and O–H groups in total. The second kappa shape index (κ2) is 5.03. The Kier molecular flexibility index (Phi) is 3.38. The van der Waals surface area contributed by atoms with Gasteiger partial charge in [-0.25, -0.2) is 4.98 Å². The number of nitrogens with one attached hydrogen (secondary N) is 2. The molecule has 6 nitrogen and oxygen atoms in total. The quantitative estimate of drug-likeness (QED) is 0.727. The lowest BCUT2D eigenvalue weighted by molar-refractivity contribution is 0.219. The molecule has 19 heavy (non-hydrogen) atoms. The molecule has 104 valence electrons. The number of H-pyrrole nitrogens is 1. The third kappa shape index (κ3) is 2.43. The summed E-state index contributed by atoms with van der Waals surface area (Å²) in [6.07, 6.45) is 1.15. The number of likely N-dealkylation sites (N-methyl/N-ethyl adjacent to an activating group) is 2. The smallest absolute Gasteiger partial charge is 0.255 e. The summed E-state index contributed by atoms with van der Waals surface area (Å²) in [4.78, 5) is 24.3. The van der Waals surface area contributed by atoms with Crippen molar-refractivity contribution in [3.05, 3.63) is 27.4 Å². The van der Waals surface area contributed by atoms with Gasteiger partial charge in [-0.3, -0.25) is 9.69 Å². The monoisotopic (exact) mass is 263 g/mol. The van der Waals surface area contributed by atoms with E-state index in [1.54, 1.807) is 0 Å². The lowest BCUT2D eigenvalue weighted by Gasteiger charge is -2.26. The highest BCUT2D eigenvalue weighted by Crippen LogP contribution is 2.20. The van der Waals surface area contributed by atoms with E-state index in [0.29, 0.717) is 13.1 Å². The predicted octanol–water partition coefficient (Wildman–Crippen LogP) is -0.318. The molecule has 1 unspecified atom stereocenters. The molecule has 1 aromatic rings. The Labute approximate surface area is 112 Å². The van der Waals surface area contributed by atoms with Crippen LogP contribution in [0.4, 0.5) is 0 Å². The Morgan fingerprint density at radius 3 is 2.95 bits per heavy atom. The molecule has 1 aromatic heterocycles. The highest BCUT2D eigenvalue weighted by atomic mass is 16.1. The fraction of sp³-hybridized carbons (Fsp3) is 0.692. The molecule has 0 radical (unpaired) electrons. The van der Waals surface area contributed by atoms with Crippen LogP contribution in [0.1, 0.15) is 29.5 Å². The first kappa shape index (κ1) is 12.8. The first-order chi connectivity index (χ1) is 9.15. The topological polar surface area (TPSA) is 64.3 Å². The van der Waals surface area contributed by atoms with Crippen LogP contribution in [-0.2, 0) is 13.1 Å². The van der Waals surface area contributed by atoms with Gasteiger partial charge in [0, 0.05) is 19.6 Å². The van der Waals surface area contributed by atoms with Gasteiger partial charge in [-0.15, -0.1) is 0 Å². The fourth-order valence-corrected chi connectivity index (χ4v) is 2.92. The first-order valence-electron chi connectivity index (χ1n) is 6.86. The van der Waals surface area contributed by atoms with Crippen molar-refractivity contribution < 1.29 is 0 Å². The maximum Gasteiger partial charge on any atom is 0.255 e. The molecule has 2 aliphatic heterocycles. The second-order valence-electron chi connectivity index (χ2n) is 5.59. The maximum absolute atomic E-state index is 12.1. The van der Waals surface area contributed by atoms with Gasteiger partial charge < -0.3 is 15.2 Å². The highest BCUT2D eigenvalue weighted by molar-refractivity contribution is 5.22. The second-order valence-corrected chi connectivity index (χ2v) is 5.59. The number of fused-ring (bicyclic) bond motifs is 1. The molecule has 3 rings (SSSR count). The van der Waals surface area contributed by atoms with Crippen molar-refractivity contribution in [2.45, 2.75) is 25.6 Å². The lowest BCUT2D eigenvalue weighted by Crippen LogP contribution is -2.33. The van der Waals surface area contributed by atoms with E-state index < -0.39 is 0 Å². The van der Waals surface area contributed by atoms with Crippen molar-refractivity contribution >= 4 is 0 Å². The molecule has 1 atom stereocenters. The van der Waals surface area contributed by atoms with Crippen LogP contribution in [0.15, 0.2) is 4.79 Å². The minimum atomic E-state index is 0.0188. The number of rotatable bonds is 1. The van der Waals surface area contributed by atoms with E-state index in [4.69, 9.17) is 0 Å². The number of nitrogens with zero attached hydrogens (tertiary/aromatic N) is 3. The van der Waals surface area contributed by atoms with Gasteiger partial charge in [-0.05, 0) is 33.6 Å². The standard InChI is InChI=1S/C13H21N5O/c1-17-4-3-5-18(2)11(8-17)12-15-10-7-14-6-9(10)13(19)16-12/h11,14H,3-8H2,1-2H3,(H,15,16,19). The predicted molar refractivity (Wildman–Crippen MR) is 72.9 cm³/mol.